The number of sulfonamides is 1. The molecule has 0 heterocycles. The number of hydrogen-bond donors (Lipinski definition) is 2. The van der Waals surface area contributed by atoms with E-state index in [2.05, 4.69) is 4.72 Å². The molecule has 1 rings (SSSR count). The van der Waals surface area contributed by atoms with Gasteiger partial charge in [-0.2, -0.15) is 0 Å². The first-order chi connectivity index (χ1) is 6.54. The molecule has 1 saturated carbocycles. The molecule has 14 heavy (non-hydrogen) atoms. The first-order valence-electron chi connectivity index (χ1n) is 5.12. The SMILES string of the molecule is CCCCS(=O)(=O)NCC1(CO)CC1. The zero-order valence-corrected chi connectivity index (χ0v) is 9.44. The van der Waals surface area contributed by atoms with Crippen LogP contribution in [0.3, 0.4) is 0 Å². The zero-order valence-electron chi connectivity index (χ0n) is 8.62. The van der Waals surface area contributed by atoms with Crippen molar-refractivity contribution in [2.24, 2.45) is 5.41 Å². The summed E-state index contributed by atoms with van der Waals surface area (Å²) in [5, 5.41) is 8.99. The highest BCUT2D eigenvalue weighted by atomic mass is 32.2. The predicted octanol–water partition coefficient (Wildman–Crippen LogP) is 0.478. The van der Waals surface area contributed by atoms with Crippen LogP contribution in [0.2, 0.25) is 0 Å². The molecule has 0 aromatic rings. The van der Waals surface area contributed by atoms with E-state index in [0.717, 1.165) is 19.3 Å². The lowest BCUT2D eigenvalue weighted by molar-refractivity contribution is 0.213. The van der Waals surface area contributed by atoms with Crippen LogP contribution in [0.5, 0.6) is 0 Å². The van der Waals surface area contributed by atoms with Crippen molar-refractivity contribution >= 4 is 10.0 Å². The van der Waals surface area contributed by atoms with Gasteiger partial charge in [0.05, 0.1) is 5.75 Å². The number of aliphatic hydroxyl groups is 1. The molecular formula is C9H19NO3S. The van der Waals surface area contributed by atoms with Crippen molar-refractivity contribution in [3.05, 3.63) is 0 Å². The van der Waals surface area contributed by atoms with Gasteiger partial charge in [-0.3, -0.25) is 0 Å². The summed E-state index contributed by atoms with van der Waals surface area (Å²) in [5.74, 6) is 0.199. The average molecular weight is 221 g/mol. The summed E-state index contributed by atoms with van der Waals surface area (Å²) in [7, 11) is -3.11. The van der Waals surface area contributed by atoms with E-state index in [9.17, 15) is 8.42 Å². The molecule has 2 N–H and O–H groups in total. The van der Waals surface area contributed by atoms with Gasteiger partial charge in [-0.25, -0.2) is 13.1 Å². The summed E-state index contributed by atoms with van der Waals surface area (Å²) in [6.45, 7) is 2.45. The van der Waals surface area contributed by atoms with Crippen LogP contribution in [0, 0.1) is 5.41 Å². The van der Waals surface area contributed by atoms with Gasteiger partial charge in [-0.1, -0.05) is 13.3 Å². The lowest BCUT2D eigenvalue weighted by Crippen LogP contribution is -2.33. The molecule has 0 atom stereocenters. The summed E-state index contributed by atoms with van der Waals surface area (Å²) in [5.41, 5.74) is -0.140. The van der Waals surface area contributed by atoms with E-state index >= 15 is 0 Å². The van der Waals surface area contributed by atoms with E-state index in [1.165, 1.54) is 0 Å². The average Bonchev–Trinajstić information content (AvgIpc) is 2.93. The number of rotatable bonds is 7. The minimum absolute atomic E-state index is 0.0866. The van der Waals surface area contributed by atoms with Crippen LogP contribution in [0.1, 0.15) is 32.6 Å². The van der Waals surface area contributed by atoms with Crippen molar-refractivity contribution in [2.75, 3.05) is 18.9 Å². The molecule has 0 spiro atoms. The lowest BCUT2D eigenvalue weighted by atomic mass is 10.1. The fourth-order valence-corrected chi connectivity index (χ4v) is 2.58. The van der Waals surface area contributed by atoms with Crippen molar-refractivity contribution in [1.29, 1.82) is 0 Å². The van der Waals surface area contributed by atoms with Gasteiger partial charge in [0, 0.05) is 18.6 Å². The van der Waals surface area contributed by atoms with Crippen LogP contribution in [0.4, 0.5) is 0 Å². The molecule has 0 bridgehead atoms. The maximum Gasteiger partial charge on any atom is 0.211 e. The third-order valence-corrected chi connectivity index (χ3v) is 4.14. The molecular weight excluding hydrogens is 202 g/mol. The molecule has 1 aliphatic carbocycles. The van der Waals surface area contributed by atoms with E-state index in [-0.39, 0.29) is 17.8 Å². The topological polar surface area (TPSA) is 66.4 Å². The Hall–Kier alpha value is -0.130. The maximum atomic E-state index is 11.4. The predicted molar refractivity (Wildman–Crippen MR) is 55.5 cm³/mol. The first kappa shape index (κ1) is 11.9. The highest BCUT2D eigenvalue weighted by Crippen LogP contribution is 2.44. The Balaban J connectivity index is 2.29. The Kier molecular flexibility index (Phi) is 3.92. The van der Waals surface area contributed by atoms with Gasteiger partial charge in [0.15, 0.2) is 0 Å². The standard InChI is InChI=1S/C9H19NO3S/c1-2-3-6-14(12,13)10-7-9(8-11)4-5-9/h10-11H,2-8H2,1H3. The fourth-order valence-electron chi connectivity index (χ4n) is 1.24. The van der Waals surface area contributed by atoms with Crippen molar-refractivity contribution in [3.63, 3.8) is 0 Å². The minimum atomic E-state index is -3.11. The summed E-state index contributed by atoms with van der Waals surface area (Å²) >= 11 is 0. The Morgan fingerprint density at radius 3 is 2.50 bits per heavy atom. The number of nitrogens with one attached hydrogen (secondary N) is 1. The summed E-state index contributed by atoms with van der Waals surface area (Å²) in [4.78, 5) is 0. The van der Waals surface area contributed by atoms with Gasteiger partial charge in [0.25, 0.3) is 0 Å². The van der Waals surface area contributed by atoms with Crippen molar-refractivity contribution in [2.45, 2.75) is 32.6 Å². The zero-order chi connectivity index (χ0) is 10.7. The van der Waals surface area contributed by atoms with Crippen molar-refractivity contribution in [3.8, 4) is 0 Å². The molecule has 1 fully saturated rings. The van der Waals surface area contributed by atoms with E-state index in [4.69, 9.17) is 5.11 Å². The second-order valence-electron chi connectivity index (χ2n) is 4.15. The maximum absolute atomic E-state index is 11.4. The monoisotopic (exact) mass is 221 g/mol. The normalized spacial score (nSPS) is 19.6. The highest BCUT2D eigenvalue weighted by molar-refractivity contribution is 7.89. The molecule has 0 saturated heterocycles. The molecule has 0 aromatic heterocycles. The van der Waals surface area contributed by atoms with E-state index in [1.54, 1.807) is 0 Å². The van der Waals surface area contributed by atoms with Gasteiger partial charge in [-0.05, 0) is 19.3 Å². The molecule has 1 aliphatic rings. The van der Waals surface area contributed by atoms with Crippen LogP contribution in [-0.2, 0) is 10.0 Å². The molecule has 0 aliphatic heterocycles. The summed E-state index contributed by atoms with van der Waals surface area (Å²) in [6, 6.07) is 0. The van der Waals surface area contributed by atoms with Gasteiger partial charge in [0.2, 0.25) is 10.0 Å². The summed E-state index contributed by atoms with van der Waals surface area (Å²) < 4.78 is 25.3. The van der Waals surface area contributed by atoms with Gasteiger partial charge >= 0.3 is 0 Å². The number of aliphatic hydroxyl groups excluding tert-OH is 1. The number of unbranched alkanes of at least 4 members (excludes halogenated alkanes) is 1. The Morgan fingerprint density at radius 2 is 2.07 bits per heavy atom. The van der Waals surface area contributed by atoms with Gasteiger partial charge < -0.3 is 5.11 Å². The summed E-state index contributed by atoms with van der Waals surface area (Å²) in [6.07, 6.45) is 3.44. The Morgan fingerprint density at radius 1 is 1.43 bits per heavy atom. The smallest absolute Gasteiger partial charge is 0.211 e. The molecule has 0 amide bonds. The van der Waals surface area contributed by atoms with Crippen molar-refractivity contribution < 1.29 is 13.5 Å². The molecule has 0 unspecified atom stereocenters. The van der Waals surface area contributed by atoms with Crippen LogP contribution in [0.15, 0.2) is 0 Å². The fraction of sp³-hybridized carbons (Fsp3) is 1.00. The molecule has 4 nitrogen and oxygen atoms in total. The Bertz CT molecular complexity index is 270. The van der Waals surface area contributed by atoms with Crippen molar-refractivity contribution in [1.82, 2.24) is 4.72 Å². The second-order valence-corrected chi connectivity index (χ2v) is 6.08. The van der Waals surface area contributed by atoms with E-state index in [0.29, 0.717) is 13.0 Å². The largest absolute Gasteiger partial charge is 0.396 e. The first-order valence-corrected chi connectivity index (χ1v) is 6.77. The Labute approximate surface area is 85.8 Å². The van der Waals surface area contributed by atoms with E-state index in [1.807, 2.05) is 6.92 Å². The van der Waals surface area contributed by atoms with Crippen LogP contribution in [-0.4, -0.2) is 32.4 Å². The quantitative estimate of drug-likeness (QED) is 0.657. The third-order valence-electron chi connectivity index (χ3n) is 2.73. The van der Waals surface area contributed by atoms with Gasteiger partial charge in [-0.15, -0.1) is 0 Å². The molecule has 84 valence electrons. The molecule has 5 heteroatoms. The van der Waals surface area contributed by atoms with Crippen LogP contribution < -0.4 is 4.72 Å². The molecule has 0 radical (unpaired) electrons. The lowest BCUT2D eigenvalue weighted by Gasteiger charge is -2.12. The van der Waals surface area contributed by atoms with Crippen LogP contribution in [0.25, 0.3) is 0 Å². The second kappa shape index (κ2) is 4.59. The molecule has 0 aromatic carbocycles. The van der Waals surface area contributed by atoms with E-state index < -0.39 is 10.0 Å². The van der Waals surface area contributed by atoms with Crippen LogP contribution >= 0.6 is 0 Å². The highest BCUT2D eigenvalue weighted by Gasteiger charge is 2.42. The number of hydrogen-bond acceptors (Lipinski definition) is 3. The van der Waals surface area contributed by atoms with Gasteiger partial charge in [0.1, 0.15) is 0 Å². The third kappa shape index (κ3) is 3.55. The minimum Gasteiger partial charge on any atom is -0.396 e.